The minimum atomic E-state index is -1.16. The summed E-state index contributed by atoms with van der Waals surface area (Å²) in [6, 6.07) is 7.44. The van der Waals surface area contributed by atoms with Crippen LogP contribution in [0.25, 0.3) is 11.6 Å². The highest BCUT2D eigenvalue weighted by Gasteiger charge is 2.25. The molecule has 1 aromatic heterocycles. The van der Waals surface area contributed by atoms with E-state index in [0.717, 1.165) is 16.8 Å². The molecule has 8 nitrogen and oxygen atoms in total. The van der Waals surface area contributed by atoms with Crippen molar-refractivity contribution in [3.63, 3.8) is 0 Å². The van der Waals surface area contributed by atoms with Crippen LogP contribution in [-0.2, 0) is 9.59 Å². The molecular weight excluding hydrogens is 384 g/mol. The molecule has 0 saturated heterocycles. The SMILES string of the molecule is Cc1[nH]c(C=C2C(=O)Nc3ccccc32)c(C)c1C(=O)NCC[C@H](O)C(=O)N(C)C. The molecular formula is C22H26N4O4. The first-order chi connectivity index (χ1) is 14.2. The van der Waals surface area contributed by atoms with Gasteiger partial charge in [-0.25, -0.2) is 0 Å². The molecule has 30 heavy (non-hydrogen) atoms. The second-order valence-corrected chi connectivity index (χ2v) is 7.51. The molecule has 0 radical (unpaired) electrons. The number of H-pyrrole nitrogens is 1. The van der Waals surface area contributed by atoms with Crippen molar-refractivity contribution >= 4 is 35.1 Å². The van der Waals surface area contributed by atoms with Gasteiger partial charge in [-0.05, 0) is 38.0 Å². The van der Waals surface area contributed by atoms with E-state index in [1.807, 2.05) is 31.2 Å². The van der Waals surface area contributed by atoms with E-state index in [9.17, 15) is 19.5 Å². The van der Waals surface area contributed by atoms with Crippen LogP contribution in [0.1, 0.15) is 39.3 Å². The summed E-state index contributed by atoms with van der Waals surface area (Å²) >= 11 is 0. The number of aliphatic hydroxyl groups excluding tert-OH is 1. The summed E-state index contributed by atoms with van der Waals surface area (Å²) in [5.41, 5.74) is 4.68. The molecule has 2 aromatic rings. The lowest BCUT2D eigenvalue weighted by molar-refractivity contribution is -0.137. The number of aromatic nitrogens is 1. The zero-order valence-electron chi connectivity index (χ0n) is 17.5. The predicted molar refractivity (Wildman–Crippen MR) is 115 cm³/mol. The maximum Gasteiger partial charge on any atom is 0.256 e. The van der Waals surface area contributed by atoms with E-state index in [1.165, 1.54) is 4.90 Å². The van der Waals surface area contributed by atoms with Gasteiger partial charge in [0.1, 0.15) is 6.10 Å². The number of nitrogens with zero attached hydrogens (tertiary/aromatic N) is 1. The van der Waals surface area contributed by atoms with Crippen LogP contribution in [0.4, 0.5) is 5.69 Å². The Bertz CT molecular complexity index is 1040. The van der Waals surface area contributed by atoms with Crippen molar-refractivity contribution in [3.05, 3.63) is 52.3 Å². The zero-order chi connectivity index (χ0) is 22.0. The van der Waals surface area contributed by atoms with E-state index in [0.29, 0.717) is 22.5 Å². The number of hydrogen-bond acceptors (Lipinski definition) is 4. The minimum absolute atomic E-state index is 0.124. The van der Waals surface area contributed by atoms with E-state index >= 15 is 0 Å². The first-order valence-electron chi connectivity index (χ1n) is 9.69. The fourth-order valence-corrected chi connectivity index (χ4v) is 3.52. The highest BCUT2D eigenvalue weighted by Crippen LogP contribution is 2.33. The van der Waals surface area contributed by atoms with Crippen LogP contribution in [0.3, 0.4) is 0 Å². The summed E-state index contributed by atoms with van der Waals surface area (Å²) in [6.07, 6.45) is 0.716. The van der Waals surface area contributed by atoms with Gasteiger partial charge >= 0.3 is 0 Å². The average molecular weight is 410 g/mol. The number of likely N-dealkylation sites (N-methyl/N-ethyl adjacent to an activating group) is 1. The molecule has 1 aromatic carbocycles. The Morgan fingerprint density at radius 1 is 1.23 bits per heavy atom. The standard InChI is InChI=1S/C22H26N4O4/c1-12-17(11-15-14-7-5-6-8-16(14)25-20(15)28)24-13(2)19(12)21(29)23-10-9-18(27)22(30)26(3)4/h5-8,11,18,24,27H,9-10H2,1-4H3,(H,23,29)(H,25,28)/t18-/m0/s1. The summed E-state index contributed by atoms with van der Waals surface area (Å²) in [7, 11) is 3.13. The van der Waals surface area contributed by atoms with Gasteiger partial charge in [-0.15, -0.1) is 0 Å². The van der Waals surface area contributed by atoms with Crippen LogP contribution in [0.15, 0.2) is 24.3 Å². The number of nitrogens with one attached hydrogen (secondary N) is 3. The van der Waals surface area contributed by atoms with Crippen molar-refractivity contribution in [2.75, 3.05) is 26.0 Å². The number of carbonyl (C=O) groups is 3. The molecule has 2 heterocycles. The Morgan fingerprint density at radius 3 is 2.63 bits per heavy atom. The highest BCUT2D eigenvalue weighted by atomic mass is 16.3. The van der Waals surface area contributed by atoms with Gasteiger partial charge in [0.2, 0.25) is 0 Å². The molecule has 1 atom stereocenters. The lowest BCUT2D eigenvalue weighted by Crippen LogP contribution is -2.36. The van der Waals surface area contributed by atoms with Gasteiger partial charge in [0.15, 0.2) is 0 Å². The molecule has 0 aliphatic carbocycles. The van der Waals surface area contributed by atoms with Gasteiger partial charge < -0.3 is 25.6 Å². The Balaban J connectivity index is 1.76. The number of carbonyl (C=O) groups excluding carboxylic acids is 3. The third-order valence-electron chi connectivity index (χ3n) is 5.13. The molecule has 1 aliphatic rings. The van der Waals surface area contributed by atoms with Crippen LogP contribution in [0.5, 0.6) is 0 Å². The molecule has 3 rings (SSSR count). The second-order valence-electron chi connectivity index (χ2n) is 7.51. The van der Waals surface area contributed by atoms with Crippen molar-refractivity contribution in [1.29, 1.82) is 0 Å². The number of anilines is 1. The van der Waals surface area contributed by atoms with Crippen molar-refractivity contribution in [2.24, 2.45) is 0 Å². The Morgan fingerprint density at radius 2 is 1.93 bits per heavy atom. The molecule has 8 heteroatoms. The van der Waals surface area contributed by atoms with Gasteiger partial charge in [-0.2, -0.15) is 0 Å². The van der Waals surface area contributed by atoms with Crippen molar-refractivity contribution in [3.8, 4) is 0 Å². The number of benzene rings is 1. The third kappa shape index (κ3) is 4.13. The number of amides is 3. The summed E-state index contributed by atoms with van der Waals surface area (Å²) in [5.74, 6) is -0.887. The maximum absolute atomic E-state index is 12.7. The van der Waals surface area contributed by atoms with Crippen LogP contribution in [-0.4, -0.2) is 59.5 Å². The fraction of sp³-hybridized carbons (Fsp3) is 0.318. The Labute approximate surface area is 175 Å². The molecule has 4 N–H and O–H groups in total. The third-order valence-corrected chi connectivity index (χ3v) is 5.13. The number of aryl methyl sites for hydroxylation is 1. The number of para-hydroxylation sites is 1. The highest BCUT2D eigenvalue weighted by molar-refractivity contribution is 6.34. The van der Waals surface area contributed by atoms with Crippen LogP contribution in [0.2, 0.25) is 0 Å². The molecule has 0 spiro atoms. The maximum atomic E-state index is 12.7. The van der Waals surface area contributed by atoms with Gasteiger partial charge in [-0.3, -0.25) is 14.4 Å². The molecule has 0 unspecified atom stereocenters. The zero-order valence-corrected chi connectivity index (χ0v) is 17.5. The van der Waals surface area contributed by atoms with Crippen molar-refractivity contribution in [1.82, 2.24) is 15.2 Å². The Hall–Kier alpha value is -3.39. The first-order valence-corrected chi connectivity index (χ1v) is 9.69. The normalized spacial score (nSPS) is 15.0. The van der Waals surface area contributed by atoms with E-state index < -0.39 is 12.0 Å². The summed E-state index contributed by atoms with van der Waals surface area (Å²) in [4.78, 5) is 41.2. The number of fused-ring (bicyclic) bond motifs is 1. The van der Waals surface area contributed by atoms with E-state index in [4.69, 9.17) is 0 Å². The molecule has 0 fully saturated rings. The fourth-order valence-electron chi connectivity index (χ4n) is 3.52. The van der Waals surface area contributed by atoms with Gasteiger partial charge in [0, 0.05) is 43.3 Å². The van der Waals surface area contributed by atoms with E-state index in [-0.39, 0.29) is 24.8 Å². The largest absolute Gasteiger partial charge is 0.383 e. The van der Waals surface area contributed by atoms with Gasteiger partial charge in [-0.1, -0.05) is 18.2 Å². The van der Waals surface area contributed by atoms with Crippen molar-refractivity contribution in [2.45, 2.75) is 26.4 Å². The first kappa shape index (κ1) is 21.3. The average Bonchev–Trinajstić information content (AvgIpc) is 3.16. The van der Waals surface area contributed by atoms with Crippen LogP contribution >= 0.6 is 0 Å². The molecule has 158 valence electrons. The lowest BCUT2D eigenvalue weighted by atomic mass is 10.0. The topological polar surface area (TPSA) is 115 Å². The van der Waals surface area contributed by atoms with Gasteiger partial charge in [0.25, 0.3) is 17.7 Å². The monoisotopic (exact) mass is 410 g/mol. The number of rotatable bonds is 6. The van der Waals surface area contributed by atoms with Gasteiger partial charge in [0.05, 0.1) is 11.1 Å². The predicted octanol–water partition coefficient (Wildman–Crippen LogP) is 1.69. The minimum Gasteiger partial charge on any atom is -0.383 e. The summed E-state index contributed by atoms with van der Waals surface area (Å²) in [6.45, 7) is 3.76. The number of aliphatic hydroxyl groups is 1. The molecule has 0 saturated carbocycles. The molecule has 0 bridgehead atoms. The van der Waals surface area contributed by atoms with Crippen molar-refractivity contribution < 1.29 is 19.5 Å². The summed E-state index contributed by atoms with van der Waals surface area (Å²) < 4.78 is 0. The smallest absolute Gasteiger partial charge is 0.256 e. The lowest BCUT2D eigenvalue weighted by Gasteiger charge is -2.16. The number of hydrogen-bond donors (Lipinski definition) is 4. The second kappa shape index (κ2) is 8.54. The van der Waals surface area contributed by atoms with E-state index in [2.05, 4.69) is 15.6 Å². The molecule has 3 amide bonds. The number of aromatic amines is 1. The van der Waals surface area contributed by atoms with E-state index in [1.54, 1.807) is 27.1 Å². The molecule has 1 aliphatic heterocycles. The summed E-state index contributed by atoms with van der Waals surface area (Å²) in [5, 5.41) is 15.4. The quantitative estimate of drug-likeness (QED) is 0.543. The van der Waals surface area contributed by atoms with Crippen LogP contribution < -0.4 is 10.6 Å². The van der Waals surface area contributed by atoms with Crippen LogP contribution in [0, 0.1) is 13.8 Å². The Kier molecular flexibility index (Phi) is 6.07.